The molecule has 1 aromatic heterocycles. The van der Waals surface area contributed by atoms with E-state index in [2.05, 4.69) is 42.2 Å². The third-order valence-electron chi connectivity index (χ3n) is 11.0. The van der Waals surface area contributed by atoms with E-state index >= 15 is 0 Å². The molecule has 20 nitrogen and oxygen atoms in total. The zero-order valence-corrected chi connectivity index (χ0v) is 36.4. The lowest BCUT2D eigenvalue weighted by molar-refractivity contribution is -0.139. The summed E-state index contributed by atoms with van der Waals surface area (Å²) in [6.45, 7) is 1.86. The summed E-state index contributed by atoms with van der Waals surface area (Å²) in [5, 5.41) is 27.8. The van der Waals surface area contributed by atoms with Gasteiger partial charge in [-0.3, -0.25) is 39.0 Å². The molecule has 1 aliphatic rings. The number of hydrogen-bond acceptors (Lipinski definition) is 10. The van der Waals surface area contributed by atoms with E-state index < -0.39 is 77.6 Å². The summed E-state index contributed by atoms with van der Waals surface area (Å²) in [5.41, 5.74) is 13.1. The second-order valence-corrected chi connectivity index (χ2v) is 15.8. The maximum atomic E-state index is 14.2. The van der Waals surface area contributed by atoms with Gasteiger partial charge < -0.3 is 63.4 Å². The normalized spacial score (nSPS) is 15.7. The van der Waals surface area contributed by atoms with Crippen LogP contribution in [0.15, 0.2) is 60.8 Å². The van der Waals surface area contributed by atoms with Crippen LogP contribution in [0.1, 0.15) is 69.4 Å². The van der Waals surface area contributed by atoms with E-state index in [4.69, 9.17) is 16.9 Å². The minimum Gasteiger partial charge on any atom is -0.370 e. The number of carbonyl (C=O) groups is 8. The Balaban J connectivity index is 1.50. The van der Waals surface area contributed by atoms with Gasteiger partial charge >= 0.3 is 0 Å². The van der Waals surface area contributed by atoms with Gasteiger partial charge in [-0.1, -0.05) is 48.5 Å². The molecule has 4 rings (SSSR count). The zero-order chi connectivity index (χ0) is 46.6. The Bertz CT molecular complexity index is 2100. The minimum absolute atomic E-state index is 0.0199. The van der Waals surface area contributed by atoms with E-state index in [1.54, 1.807) is 13.2 Å². The lowest BCUT2D eigenvalue weighted by Gasteiger charge is -2.28. The molecule has 64 heavy (non-hydrogen) atoms. The standard InChI is InChI=1S/C44H62N12O8/c1-27(58)52-36(23-28-11-4-3-5-12-28)41(62)54-35(43(64)56-22-10-13-30(56)26-57)17-9-20-49-39(60)34(16-8-21-50-44(46)47)53-42(63)37(55-40(61)33(48-2)18-19-38(45)59)24-29-25-51-32-15-7-6-14-31(29)32/h3-7,11-12,14-15,25-26,30,33-37,48,51H,8-10,13,16-24H2,1-2H3,(H2,45,59)(H,49,60)(H,52,58)(H,53,63)(H,54,62)(H,55,61)(H4,46,47,50)/t30?,33-,34?,35+,36+,37?/m1/s1. The molecule has 7 amide bonds. The molecule has 3 unspecified atom stereocenters. The number of carbonyl (C=O) groups excluding carboxylic acids is 8. The van der Waals surface area contributed by atoms with Crippen molar-refractivity contribution in [3.8, 4) is 0 Å². The molecular formula is C44H62N12O8. The number of likely N-dealkylation sites (N-methyl/N-ethyl adjacent to an activating group) is 1. The second-order valence-electron chi connectivity index (χ2n) is 15.8. The summed E-state index contributed by atoms with van der Waals surface area (Å²) in [6.07, 6.45) is 4.44. The molecular weight excluding hydrogens is 825 g/mol. The number of H-pyrrole nitrogens is 1. The molecule has 3 aromatic rings. The van der Waals surface area contributed by atoms with Gasteiger partial charge in [0.2, 0.25) is 41.4 Å². The van der Waals surface area contributed by atoms with Crippen molar-refractivity contribution in [2.75, 3.05) is 26.7 Å². The molecule has 0 bridgehead atoms. The maximum Gasteiger partial charge on any atom is 0.245 e. The van der Waals surface area contributed by atoms with Gasteiger partial charge in [-0.15, -0.1) is 0 Å². The van der Waals surface area contributed by atoms with Crippen molar-refractivity contribution in [1.82, 2.24) is 47.1 Å². The molecule has 1 saturated heterocycles. The van der Waals surface area contributed by atoms with Crippen LogP contribution < -0.4 is 48.7 Å². The van der Waals surface area contributed by atoms with Gasteiger partial charge in [0.05, 0.1) is 12.1 Å². The molecule has 0 saturated carbocycles. The van der Waals surface area contributed by atoms with Crippen molar-refractivity contribution in [3.63, 3.8) is 0 Å². The first kappa shape index (κ1) is 49.8. The first-order valence-electron chi connectivity index (χ1n) is 21.5. The Morgan fingerprint density at radius 3 is 2.03 bits per heavy atom. The predicted octanol–water partition coefficient (Wildman–Crippen LogP) is -0.885. The van der Waals surface area contributed by atoms with Crippen LogP contribution >= 0.6 is 0 Å². The lowest BCUT2D eigenvalue weighted by Crippen LogP contribution is -2.57. The van der Waals surface area contributed by atoms with Gasteiger partial charge in [0.25, 0.3) is 0 Å². The number of likely N-dealkylation sites (tertiary alicyclic amines) is 1. The number of benzene rings is 2. The number of aromatic nitrogens is 1. The van der Waals surface area contributed by atoms with Gasteiger partial charge in [-0.25, -0.2) is 0 Å². The fraction of sp³-hybridized carbons (Fsp3) is 0.477. The maximum absolute atomic E-state index is 14.2. The van der Waals surface area contributed by atoms with E-state index in [1.807, 2.05) is 54.6 Å². The molecule has 346 valence electrons. The molecule has 6 atom stereocenters. The van der Waals surface area contributed by atoms with Gasteiger partial charge in [0.1, 0.15) is 30.5 Å². The Morgan fingerprint density at radius 1 is 0.766 bits per heavy atom. The Hall–Kier alpha value is -6.83. The highest BCUT2D eigenvalue weighted by molar-refractivity contribution is 5.95. The van der Waals surface area contributed by atoms with Crippen LogP contribution in [0.5, 0.6) is 0 Å². The number of aromatic amines is 1. The van der Waals surface area contributed by atoms with Crippen molar-refractivity contribution in [3.05, 3.63) is 71.9 Å². The van der Waals surface area contributed by atoms with E-state index in [9.17, 15) is 38.4 Å². The average Bonchev–Trinajstić information content (AvgIpc) is 3.92. The van der Waals surface area contributed by atoms with Crippen LogP contribution in [-0.4, -0.2) is 126 Å². The minimum atomic E-state index is -1.17. The fourth-order valence-electron chi connectivity index (χ4n) is 7.65. The number of guanidine groups is 1. The largest absolute Gasteiger partial charge is 0.370 e. The first-order chi connectivity index (χ1) is 30.7. The third-order valence-corrected chi connectivity index (χ3v) is 11.0. The van der Waals surface area contributed by atoms with Crippen LogP contribution in [0.4, 0.5) is 0 Å². The fourth-order valence-corrected chi connectivity index (χ4v) is 7.65. The number of aldehydes is 1. The average molecular weight is 887 g/mol. The summed E-state index contributed by atoms with van der Waals surface area (Å²) in [5.74, 6) is -4.12. The third kappa shape index (κ3) is 15.5. The topological polar surface area (TPSA) is 316 Å². The quantitative estimate of drug-likeness (QED) is 0.0204. The summed E-state index contributed by atoms with van der Waals surface area (Å²) in [7, 11) is 1.55. The van der Waals surface area contributed by atoms with Crippen molar-refractivity contribution in [2.24, 2.45) is 11.5 Å². The summed E-state index contributed by atoms with van der Waals surface area (Å²) in [4.78, 5) is 109. The lowest BCUT2D eigenvalue weighted by atomic mass is 10.0. The molecule has 13 N–H and O–H groups in total. The Labute approximate surface area is 372 Å². The highest BCUT2D eigenvalue weighted by Crippen LogP contribution is 2.20. The summed E-state index contributed by atoms with van der Waals surface area (Å²) < 4.78 is 0. The molecule has 20 heteroatoms. The van der Waals surface area contributed by atoms with E-state index in [-0.39, 0.29) is 64.0 Å². The number of nitrogens with zero attached hydrogens (tertiary/aromatic N) is 1. The highest BCUT2D eigenvalue weighted by atomic mass is 16.2. The Kier molecular flexibility index (Phi) is 19.7. The van der Waals surface area contributed by atoms with Crippen LogP contribution in [0.25, 0.3) is 10.9 Å². The van der Waals surface area contributed by atoms with Crippen LogP contribution in [-0.2, 0) is 51.2 Å². The highest BCUT2D eigenvalue weighted by Gasteiger charge is 2.35. The first-order valence-corrected chi connectivity index (χ1v) is 21.5. The molecule has 1 aliphatic heterocycles. The number of primary amides is 1. The molecule has 2 heterocycles. The Morgan fingerprint density at radius 2 is 1.38 bits per heavy atom. The number of nitrogens with two attached hydrogens (primary N) is 2. The van der Waals surface area contributed by atoms with Gasteiger partial charge in [-0.2, -0.15) is 0 Å². The van der Waals surface area contributed by atoms with Crippen molar-refractivity contribution in [2.45, 2.75) is 107 Å². The SMILES string of the molecule is CN[C@H](CCC(N)=O)C(=O)NC(Cc1c[nH]c2ccccc12)C(=O)NC(CCCNC(=N)N)C(=O)NCCC[C@H](NC(=O)[C@H](Cc1ccccc1)NC(C)=O)C(=O)N1CCCC1C=O. The van der Waals surface area contributed by atoms with Crippen LogP contribution in [0, 0.1) is 5.41 Å². The number of hydrogen-bond donors (Lipinski definition) is 11. The predicted molar refractivity (Wildman–Crippen MR) is 239 cm³/mol. The van der Waals surface area contributed by atoms with Gasteiger partial charge in [0, 0.05) is 62.9 Å². The number of fused-ring (bicyclic) bond motifs is 1. The molecule has 2 aromatic carbocycles. The monoisotopic (exact) mass is 886 g/mol. The van der Waals surface area contributed by atoms with Crippen molar-refractivity contribution >= 4 is 64.5 Å². The molecule has 0 spiro atoms. The van der Waals surface area contributed by atoms with Crippen molar-refractivity contribution < 1.29 is 38.4 Å². The summed E-state index contributed by atoms with van der Waals surface area (Å²) >= 11 is 0. The molecule has 0 aliphatic carbocycles. The van der Waals surface area contributed by atoms with Crippen LogP contribution in [0.2, 0.25) is 0 Å². The smallest absolute Gasteiger partial charge is 0.245 e. The van der Waals surface area contributed by atoms with E-state index in [0.29, 0.717) is 32.1 Å². The van der Waals surface area contributed by atoms with Gasteiger partial charge in [-0.05, 0) is 69.2 Å². The van der Waals surface area contributed by atoms with Crippen molar-refractivity contribution in [1.29, 1.82) is 5.41 Å². The molecule has 1 fully saturated rings. The van der Waals surface area contributed by atoms with E-state index in [0.717, 1.165) is 22.0 Å². The zero-order valence-electron chi connectivity index (χ0n) is 36.4. The summed E-state index contributed by atoms with van der Waals surface area (Å²) in [6, 6.07) is 10.7. The van der Waals surface area contributed by atoms with E-state index in [1.165, 1.54) is 11.8 Å². The number of nitrogens with one attached hydrogen (secondary N) is 9. The number of rotatable bonds is 26. The van der Waals surface area contributed by atoms with Gasteiger partial charge in [0.15, 0.2) is 5.96 Å². The number of para-hydroxylation sites is 1. The molecule has 0 radical (unpaired) electrons. The van der Waals surface area contributed by atoms with Crippen LogP contribution in [0.3, 0.4) is 0 Å². The number of amides is 7. The second kappa shape index (κ2) is 25.3.